The van der Waals surface area contributed by atoms with Gasteiger partial charge in [-0.15, -0.1) is 5.10 Å². The van der Waals surface area contributed by atoms with Gasteiger partial charge in [-0.25, -0.2) is 9.48 Å². The summed E-state index contributed by atoms with van der Waals surface area (Å²) in [5, 5.41) is 16.4. The predicted molar refractivity (Wildman–Crippen MR) is 67.7 cm³/mol. The number of amides is 1. The maximum absolute atomic E-state index is 11.2. The predicted octanol–water partition coefficient (Wildman–Crippen LogP) is -0.143. The molecule has 1 aliphatic heterocycles. The fourth-order valence-corrected chi connectivity index (χ4v) is 2.04. The number of nitrogens with two attached hydrogens (primary N) is 1. The summed E-state index contributed by atoms with van der Waals surface area (Å²) in [6.45, 7) is -0.173. The first-order valence-electron chi connectivity index (χ1n) is 5.91. The quantitative estimate of drug-likeness (QED) is 0.801. The van der Waals surface area contributed by atoms with Gasteiger partial charge in [0.1, 0.15) is 12.2 Å². The Morgan fingerprint density at radius 1 is 1.33 bits per heavy atom. The molecule has 0 radical (unpaired) electrons. The first kappa shape index (κ1) is 12.9. The summed E-state index contributed by atoms with van der Waals surface area (Å²) in [4.78, 5) is 22.3. The number of hydrogen-bond donors (Lipinski definition) is 2. The van der Waals surface area contributed by atoms with Gasteiger partial charge in [-0.05, 0) is 18.2 Å². The number of carboxylic acid groups (broad SMARTS) is 1. The highest BCUT2D eigenvalue weighted by atomic mass is 16.7. The van der Waals surface area contributed by atoms with E-state index in [1.54, 1.807) is 18.2 Å². The van der Waals surface area contributed by atoms with Crippen LogP contribution in [0.3, 0.4) is 0 Å². The minimum atomic E-state index is -1.25. The van der Waals surface area contributed by atoms with Crippen molar-refractivity contribution in [3.63, 3.8) is 0 Å². The molecule has 1 amide bonds. The second kappa shape index (κ2) is 4.78. The van der Waals surface area contributed by atoms with Gasteiger partial charge < -0.3 is 20.3 Å². The highest BCUT2D eigenvalue weighted by molar-refractivity contribution is 5.93. The maximum atomic E-state index is 11.2. The van der Waals surface area contributed by atoms with Gasteiger partial charge in [0, 0.05) is 5.56 Å². The monoisotopic (exact) mass is 290 g/mol. The molecule has 1 aliphatic rings. The normalized spacial score (nSPS) is 12.4. The fourth-order valence-electron chi connectivity index (χ4n) is 2.04. The van der Waals surface area contributed by atoms with Crippen molar-refractivity contribution in [1.29, 1.82) is 0 Å². The highest BCUT2D eigenvalue weighted by Crippen LogP contribution is 2.36. The summed E-state index contributed by atoms with van der Waals surface area (Å²) >= 11 is 0. The van der Waals surface area contributed by atoms with Crippen molar-refractivity contribution >= 4 is 11.9 Å². The van der Waals surface area contributed by atoms with Gasteiger partial charge in [-0.1, -0.05) is 5.21 Å². The zero-order valence-electron chi connectivity index (χ0n) is 10.6. The van der Waals surface area contributed by atoms with Crippen LogP contribution in [0.1, 0.15) is 10.5 Å². The number of fused-ring (bicyclic) bond motifs is 1. The van der Waals surface area contributed by atoms with Gasteiger partial charge in [0.2, 0.25) is 12.7 Å². The van der Waals surface area contributed by atoms with E-state index in [1.165, 1.54) is 0 Å². The molecule has 0 fully saturated rings. The minimum Gasteiger partial charge on any atom is -0.476 e. The summed E-state index contributed by atoms with van der Waals surface area (Å²) in [6.07, 6.45) is 0. The van der Waals surface area contributed by atoms with Crippen LogP contribution in [0.15, 0.2) is 18.2 Å². The summed E-state index contributed by atoms with van der Waals surface area (Å²) in [5.74, 6) is -0.863. The van der Waals surface area contributed by atoms with Crippen LogP contribution in [0, 0.1) is 0 Å². The molecule has 0 saturated heterocycles. The number of aromatic carboxylic acids is 1. The first-order valence-corrected chi connectivity index (χ1v) is 5.91. The summed E-state index contributed by atoms with van der Waals surface area (Å²) in [6, 6.07) is 4.88. The van der Waals surface area contributed by atoms with Crippen molar-refractivity contribution in [3.8, 4) is 22.8 Å². The van der Waals surface area contributed by atoms with Gasteiger partial charge in [-0.2, -0.15) is 0 Å². The van der Waals surface area contributed by atoms with E-state index in [4.69, 9.17) is 15.2 Å². The lowest BCUT2D eigenvalue weighted by Crippen LogP contribution is -2.20. The van der Waals surface area contributed by atoms with Gasteiger partial charge in [-0.3, -0.25) is 4.79 Å². The van der Waals surface area contributed by atoms with Crippen molar-refractivity contribution in [2.75, 3.05) is 6.79 Å². The van der Waals surface area contributed by atoms with Gasteiger partial charge in [0.05, 0.1) is 0 Å². The lowest BCUT2D eigenvalue weighted by atomic mass is 10.1. The molecule has 9 heteroatoms. The summed E-state index contributed by atoms with van der Waals surface area (Å²) in [5.41, 5.74) is 5.53. The molecule has 0 atom stereocenters. The Hall–Kier alpha value is -3.10. The lowest BCUT2D eigenvalue weighted by molar-refractivity contribution is -0.118. The number of ether oxygens (including phenoxy) is 2. The van der Waals surface area contributed by atoms with E-state index in [1.807, 2.05) is 0 Å². The van der Waals surface area contributed by atoms with Crippen LogP contribution in [0.4, 0.5) is 0 Å². The van der Waals surface area contributed by atoms with Crippen LogP contribution in [0.2, 0.25) is 0 Å². The lowest BCUT2D eigenvalue weighted by Gasteiger charge is -2.06. The van der Waals surface area contributed by atoms with Crippen LogP contribution in [-0.4, -0.2) is 38.8 Å². The van der Waals surface area contributed by atoms with E-state index in [2.05, 4.69) is 10.3 Å². The summed E-state index contributed by atoms with van der Waals surface area (Å²) in [7, 11) is 0. The maximum Gasteiger partial charge on any atom is 0.358 e. The Labute approximate surface area is 117 Å². The third kappa shape index (κ3) is 2.24. The van der Waals surface area contributed by atoms with E-state index >= 15 is 0 Å². The molecule has 0 aliphatic carbocycles. The van der Waals surface area contributed by atoms with Crippen LogP contribution >= 0.6 is 0 Å². The number of carbonyl (C=O) groups is 2. The molecular formula is C12H10N4O5. The molecule has 9 nitrogen and oxygen atoms in total. The van der Waals surface area contributed by atoms with Gasteiger partial charge in [0.25, 0.3) is 0 Å². The van der Waals surface area contributed by atoms with E-state index in [-0.39, 0.29) is 24.7 Å². The number of carbonyl (C=O) groups excluding carboxylic acids is 1. The average Bonchev–Trinajstić information content (AvgIpc) is 3.03. The van der Waals surface area contributed by atoms with Crippen LogP contribution < -0.4 is 15.2 Å². The van der Waals surface area contributed by atoms with E-state index in [9.17, 15) is 14.7 Å². The van der Waals surface area contributed by atoms with E-state index in [0.29, 0.717) is 17.1 Å². The van der Waals surface area contributed by atoms with Crippen molar-refractivity contribution in [2.24, 2.45) is 5.73 Å². The first-order chi connectivity index (χ1) is 10.1. The zero-order valence-corrected chi connectivity index (χ0v) is 10.6. The van der Waals surface area contributed by atoms with Gasteiger partial charge >= 0.3 is 5.97 Å². The zero-order chi connectivity index (χ0) is 15.0. The Morgan fingerprint density at radius 3 is 2.81 bits per heavy atom. The third-order valence-electron chi connectivity index (χ3n) is 2.89. The van der Waals surface area contributed by atoms with Crippen molar-refractivity contribution in [1.82, 2.24) is 15.0 Å². The Kier molecular flexibility index (Phi) is 2.94. The third-order valence-corrected chi connectivity index (χ3v) is 2.89. The Bertz CT molecular complexity index is 739. The standard InChI is InChI=1S/C12H10N4O5/c13-9(17)4-16-11(10(12(18)19)14-15-16)6-1-2-7-8(3-6)21-5-20-7/h1-3H,4-5H2,(H2,13,17)(H,18,19). The molecule has 0 spiro atoms. The van der Waals surface area contributed by atoms with Crippen molar-refractivity contribution in [3.05, 3.63) is 23.9 Å². The molecule has 21 heavy (non-hydrogen) atoms. The molecule has 2 aromatic rings. The van der Waals surface area contributed by atoms with Crippen LogP contribution in [0.5, 0.6) is 11.5 Å². The van der Waals surface area contributed by atoms with Crippen molar-refractivity contribution in [2.45, 2.75) is 6.54 Å². The topological polar surface area (TPSA) is 130 Å². The Morgan fingerprint density at radius 2 is 2.10 bits per heavy atom. The largest absolute Gasteiger partial charge is 0.476 e. The number of aromatic nitrogens is 3. The number of hydrogen-bond acceptors (Lipinski definition) is 6. The molecule has 3 N–H and O–H groups in total. The van der Waals surface area contributed by atoms with Crippen molar-refractivity contribution < 1.29 is 24.2 Å². The number of benzene rings is 1. The second-order valence-electron chi connectivity index (χ2n) is 4.28. The van der Waals surface area contributed by atoms with E-state index < -0.39 is 11.9 Å². The number of carboxylic acids is 1. The smallest absolute Gasteiger partial charge is 0.358 e. The van der Waals surface area contributed by atoms with Gasteiger partial charge in [0.15, 0.2) is 17.2 Å². The molecule has 1 aromatic heterocycles. The Balaban J connectivity index is 2.13. The molecule has 0 saturated carbocycles. The second-order valence-corrected chi connectivity index (χ2v) is 4.28. The fraction of sp³-hybridized carbons (Fsp3) is 0.167. The van der Waals surface area contributed by atoms with E-state index in [0.717, 1.165) is 4.68 Å². The molecular weight excluding hydrogens is 280 g/mol. The van der Waals surface area contributed by atoms with Crippen LogP contribution in [-0.2, 0) is 11.3 Å². The highest BCUT2D eigenvalue weighted by Gasteiger charge is 2.23. The minimum absolute atomic E-state index is 0.101. The van der Waals surface area contributed by atoms with Crippen LogP contribution in [0.25, 0.3) is 11.3 Å². The number of rotatable bonds is 4. The molecule has 0 unspecified atom stereocenters. The molecule has 0 bridgehead atoms. The number of primary amides is 1. The average molecular weight is 290 g/mol. The molecule has 108 valence electrons. The SMILES string of the molecule is NC(=O)Cn1nnc(C(=O)O)c1-c1ccc2c(c1)OCO2. The number of nitrogens with zero attached hydrogens (tertiary/aromatic N) is 3. The molecule has 3 rings (SSSR count). The molecule has 1 aromatic carbocycles. The summed E-state index contributed by atoms with van der Waals surface area (Å²) < 4.78 is 11.6. The molecule has 2 heterocycles.